The van der Waals surface area contributed by atoms with Gasteiger partial charge in [0.1, 0.15) is 22.9 Å². The van der Waals surface area contributed by atoms with Crippen LogP contribution in [0, 0.1) is 17.0 Å². The molecule has 0 saturated heterocycles. The Bertz CT molecular complexity index is 918. The molecule has 0 heterocycles. The number of aliphatic carboxylic acids is 2. The van der Waals surface area contributed by atoms with E-state index in [1.54, 1.807) is 41.5 Å². The minimum Gasteiger partial charge on any atom is -0.481 e. The zero-order valence-electron chi connectivity index (χ0n) is 20.9. The summed E-state index contributed by atoms with van der Waals surface area (Å²) in [5.41, 5.74) is -4.89. The van der Waals surface area contributed by atoms with Gasteiger partial charge in [-0.3, -0.25) is 9.59 Å². The number of carboxylic acid groups (broad SMARTS) is 2. The minimum atomic E-state index is -1.98. The number of hydrogen-bond donors (Lipinski definition) is 2. The third kappa shape index (κ3) is 6.93. The standard InChI is InChI=1S/C24H34Br2F2N2O5/c1-22(2,3)24(21(34)35,8-7-18(31)32)30(23(4,5)6)20(33)15-13-16(27)19(17(28)14-15)29(11-9-25)12-10-26/h13-14H,7-12H2,1-6H3,(H,31,32)(H,34,35)/t24-/m0/s1. The van der Waals surface area contributed by atoms with E-state index in [1.807, 2.05) is 0 Å². The van der Waals surface area contributed by atoms with Crippen LogP contribution in [-0.2, 0) is 9.59 Å². The normalized spacial score (nSPS) is 13.8. The Morgan fingerprint density at radius 1 is 0.914 bits per heavy atom. The lowest BCUT2D eigenvalue weighted by Crippen LogP contribution is -2.69. The summed E-state index contributed by atoms with van der Waals surface area (Å²) < 4.78 is 30.4. The molecule has 1 rings (SSSR count). The summed E-state index contributed by atoms with van der Waals surface area (Å²) in [6, 6.07) is 1.81. The number of anilines is 1. The molecule has 0 spiro atoms. The third-order valence-electron chi connectivity index (χ3n) is 5.84. The summed E-state index contributed by atoms with van der Waals surface area (Å²) in [5.74, 6) is -5.43. The molecule has 0 aromatic heterocycles. The highest BCUT2D eigenvalue weighted by Gasteiger charge is 2.58. The molecule has 198 valence electrons. The van der Waals surface area contributed by atoms with E-state index in [0.29, 0.717) is 23.7 Å². The maximum absolute atomic E-state index is 15.2. The van der Waals surface area contributed by atoms with Crippen LogP contribution >= 0.6 is 31.9 Å². The third-order valence-corrected chi connectivity index (χ3v) is 6.55. The molecule has 11 heteroatoms. The van der Waals surface area contributed by atoms with Crippen LogP contribution in [0.25, 0.3) is 0 Å². The van der Waals surface area contributed by atoms with Crippen LogP contribution in [0.4, 0.5) is 14.5 Å². The van der Waals surface area contributed by atoms with Crippen LogP contribution in [-0.4, -0.2) is 67.8 Å². The Morgan fingerprint density at radius 2 is 1.37 bits per heavy atom. The molecule has 1 atom stereocenters. The summed E-state index contributed by atoms with van der Waals surface area (Å²) in [6.45, 7) is 10.2. The first-order valence-corrected chi connectivity index (χ1v) is 13.4. The minimum absolute atomic E-state index is 0.283. The van der Waals surface area contributed by atoms with Gasteiger partial charge < -0.3 is 20.0 Å². The molecule has 1 aromatic carbocycles. The van der Waals surface area contributed by atoms with Crippen molar-refractivity contribution in [1.82, 2.24) is 4.90 Å². The van der Waals surface area contributed by atoms with Gasteiger partial charge in [-0.1, -0.05) is 52.6 Å². The molecular formula is C24H34Br2F2N2O5. The lowest BCUT2D eigenvalue weighted by molar-refractivity contribution is -0.164. The molecule has 7 nitrogen and oxygen atoms in total. The number of rotatable bonds is 11. The van der Waals surface area contributed by atoms with Crippen molar-refractivity contribution in [1.29, 1.82) is 0 Å². The average Bonchev–Trinajstić information content (AvgIpc) is 2.68. The second-order valence-electron chi connectivity index (χ2n) is 10.3. The number of carboxylic acids is 2. The van der Waals surface area contributed by atoms with Crippen LogP contribution in [0.1, 0.15) is 64.7 Å². The maximum atomic E-state index is 15.2. The molecule has 0 aliphatic rings. The molecule has 0 bridgehead atoms. The van der Waals surface area contributed by atoms with Crippen molar-refractivity contribution in [3.05, 3.63) is 29.3 Å². The van der Waals surface area contributed by atoms with E-state index in [4.69, 9.17) is 0 Å². The number of halogens is 4. The monoisotopic (exact) mass is 626 g/mol. The van der Waals surface area contributed by atoms with Gasteiger partial charge in [-0.15, -0.1) is 0 Å². The summed E-state index contributed by atoms with van der Waals surface area (Å²) >= 11 is 6.53. The number of amides is 1. The molecule has 0 saturated carbocycles. The highest BCUT2D eigenvalue weighted by Crippen LogP contribution is 2.44. The molecular weight excluding hydrogens is 594 g/mol. The van der Waals surface area contributed by atoms with Crippen molar-refractivity contribution in [2.24, 2.45) is 5.41 Å². The fourth-order valence-corrected chi connectivity index (χ4v) is 5.20. The van der Waals surface area contributed by atoms with Gasteiger partial charge in [-0.25, -0.2) is 13.6 Å². The molecule has 0 fully saturated rings. The second kappa shape index (κ2) is 12.0. The van der Waals surface area contributed by atoms with Gasteiger partial charge in [0, 0.05) is 41.3 Å². The van der Waals surface area contributed by atoms with E-state index in [9.17, 15) is 24.6 Å². The fraction of sp³-hybridized carbons (Fsp3) is 0.625. The predicted molar refractivity (Wildman–Crippen MR) is 139 cm³/mol. The van der Waals surface area contributed by atoms with Crippen molar-refractivity contribution >= 4 is 55.4 Å². The Morgan fingerprint density at radius 3 is 1.69 bits per heavy atom. The number of benzene rings is 1. The summed E-state index contributed by atoms with van der Waals surface area (Å²) in [4.78, 5) is 40.6. The molecule has 0 aliphatic heterocycles. The maximum Gasteiger partial charge on any atom is 0.330 e. The van der Waals surface area contributed by atoms with Gasteiger partial charge in [0.2, 0.25) is 0 Å². The number of hydrogen-bond acceptors (Lipinski definition) is 4. The zero-order valence-corrected chi connectivity index (χ0v) is 24.1. The second-order valence-corrected chi connectivity index (χ2v) is 11.9. The van der Waals surface area contributed by atoms with E-state index < -0.39 is 58.8 Å². The van der Waals surface area contributed by atoms with Crippen LogP contribution in [0.15, 0.2) is 12.1 Å². The van der Waals surface area contributed by atoms with Crippen molar-refractivity contribution in [2.45, 2.75) is 65.5 Å². The largest absolute Gasteiger partial charge is 0.481 e. The lowest BCUT2D eigenvalue weighted by Gasteiger charge is -2.54. The predicted octanol–water partition coefficient (Wildman–Crippen LogP) is 5.54. The van der Waals surface area contributed by atoms with Crippen LogP contribution < -0.4 is 4.90 Å². The van der Waals surface area contributed by atoms with E-state index in [2.05, 4.69) is 31.9 Å². The van der Waals surface area contributed by atoms with E-state index >= 15 is 8.78 Å². The van der Waals surface area contributed by atoms with Gasteiger partial charge in [-0.2, -0.15) is 0 Å². The molecule has 1 aromatic rings. The van der Waals surface area contributed by atoms with Crippen LogP contribution in [0.5, 0.6) is 0 Å². The molecule has 0 aliphatic carbocycles. The number of carbonyl (C=O) groups excluding carboxylic acids is 1. The smallest absolute Gasteiger partial charge is 0.330 e. The van der Waals surface area contributed by atoms with Gasteiger partial charge in [-0.05, 0) is 44.7 Å². The zero-order chi connectivity index (χ0) is 27.4. The topological polar surface area (TPSA) is 98.2 Å². The fourth-order valence-electron chi connectivity index (χ4n) is 4.34. The number of alkyl halides is 2. The Kier molecular flexibility index (Phi) is 10.7. The Balaban J connectivity index is 3.81. The van der Waals surface area contributed by atoms with Gasteiger partial charge >= 0.3 is 11.9 Å². The molecule has 0 unspecified atom stereocenters. The first-order valence-electron chi connectivity index (χ1n) is 11.1. The van der Waals surface area contributed by atoms with Gasteiger partial charge in [0.15, 0.2) is 0 Å². The Hall–Kier alpha value is -1.75. The van der Waals surface area contributed by atoms with Crippen molar-refractivity contribution in [3.8, 4) is 0 Å². The summed E-state index contributed by atoms with van der Waals surface area (Å²) in [5, 5.41) is 20.6. The lowest BCUT2D eigenvalue weighted by atomic mass is 9.67. The molecule has 2 N–H and O–H groups in total. The number of carbonyl (C=O) groups is 3. The highest BCUT2D eigenvalue weighted by atomic mass is 79.9. The van der Waals surface area contributed by atoms with Crippen LogP contribution in [0.2, 0.25) is 0 Å². The summed E-state index contributed by atoms with van der Waals surface area (Å²) in [7, 11) is 0. The van der Waals surface area contributed by atoms with Crippen molar-refractivity contribution < 1.29 is 33.4 Å². The molecule has 1 amide bonds. The molecule has 35 heavy (non-hydrogen) atoms. The first-order chi connectivity index (χ1) is 15.9. The first kappa shape index (κ1) is 31.3. The van der Waals surface area contributed by atoms with Gasteiger partial charge in [0.05, 0.1) is 0 Å². The average molecular weight is 628 g/mol. The molecule has 0 radical (unpaired) electrons. The van der Waals surface area contributed by atoms with E-state index in [-0.39, 0.29) is 11.3 Å². The van der Waals surface area contributed by atoms with E-state index in [0.717, 1.165) is 17.0 Å². The highest BCUT2D eigenvalue weighted by molar-refractivity contribution is 9.09. The van der Waals surface area contributed by atoms with Gasteiger partial charge in [0.25, 0.3) is 5.91 Å². The number of nitrogens with zero attached hydrogens (tertiary/aromatic N) is 2. The van der Waals surface area contributed by atoms with E-state index in [1.165, 1.54) is 4.90 Å². The van der Waals surface area contributed by atoms with Crippen LogP contribution in [0.3, 0.4) is 0 Å². The quantitative estimate of drug-likeness (QED) is 0.313. The van der Waals surface area contributed by atoms with Crippen molar-refractivity contribution in [3.63, 3.8) is 0 Å². The summed E-state index contributed by atoms with van der Waals surface area (Å²) in [6.07, 6.45) is -0.906. The Labute approximate surface area is 222 Å². The van der Waals surface area contributed by atoms with Crippen molar-refractivity contribution in [2.75, 3.05) is 28.6 Å². The SMILES string of the molecule is CC(C)(C)N(C(=O)c1cc(F)c(N(CCBr)CCBr)c(F)c1)[C@@](CCC(=O)O)(C(=O)O)C(C)(C)C.